The molecule has 0 saturated heterocycles. The third-order valence-corrected chi connectivity index (χ3v) is 4.71. The molecule has 0 fully saturated rings. The van der Waals surface area contributed by atoms with E-state index in [1.54, 1.807) is 24.0 Å². The van der Waals surface area contributed by atoms with Gasteiger partial charge in [0.25, 0.3) is 5.91 Å². The summed E-state index contributed by atoms with van der Waals surface area (Å²) in [5.41, 5.74) is 2.38. The van der Waals surface area contributed by atoms with E-state index in [1.165, 1.54) is 19.2 Å². The van der Waals surface area contributed by atoms with E-state index in [2.05, 4.69) is 5.32 Å². The summed E-state index contributed by atoms with van der Waals surface area (Å²) in [6, 6.07) is 5.57. The van der Waals surface area contributed by atoms with Gasteiger partial charge in [0.2, 0.25) is 0 Å². The van der Waals surface area contributed by atoms with Crippen molar-refractivity contribution in [2.45, 2.75) is 52.9 Å². The minimum Gasteiger partial charge on any atom is -0.468 e. The third kappa shape index (κ3) is 4.49. The Morgan fingerprint density at radius 2 is 1.88 bits per heavy atom. The van der Waals surface area contributed by atoms with E-state index in [9.17, 15) is 14.0 Å². The van der Waals surface area contributed by atoms with E-state index >= 15 is 0 Å². The highest BCUT2D eigenvalue weighted by Gasteiger charge is 2.37. The Hall–Kier alpha value is -2.21. The Kier molecular flexibility index (Phi) is 6.53. The van der Waals surface area contributed by atoms with Crippen LogP contribution in [-0.4, -0.2) is 36.1 Å². The van der Waals surface area contributed by atoms with Gasteiger partial charge in [0.1, 0.15) is 18.0 Å². The topological polar surface area (TPSA) is 58.6 Å². The van der Waals surface area contributed by atoms with Crippen LogP contribution in [0.4, 0.5) is 4.39 Å². The zero-order valence-corrected chi connectivity index (χ0v) is 16.0. The zero-order valence-electron chi connectivity index (χ0n) is 16.0. The first-order valence-electron chi connectivity index (χ1n) is 8.81. The monoisotopic (exact) mass is 362 g/mol. The predicted molar refractivity (Wildman–Crippen MR) is 97.5 cm³/mol. The van der Waals surface area contributed by atoms with Crippen LogP contribution in [0.3, 0.4) is 0 Å². The second-order valence-corrected chi connectivity index (χ2v) is 7.14. The van der Waals surface area contributed by atoms with Gasteiger partial charge < -0.3 is 9.64 Å². The van der Waals surface area contributed by atoms with Gasteiger partial charge in [-0.15, -0.1) is 0 Å². The van der Waals surface area contributed by atoms with Crippen LogP contribution in [0.25, 0.3) is 0 Å². The first-order valence-corrected chi connectivity index (χ1v) is 8.81. The minimum atomic E-state index is -0.505. The number of hydrogen-bond donors (Lipinski definition) is 1. The number of hydrogen-bond acceptors (Lipinski definition) is 4. The molecule has 142 valence electrons. The molecule has 0 spiro atoms. The lowest BCUT2D eigenvalue weighted by Gasteiger charge is -2.31. The van der Waals surface area contributed by atoms with Crippen LogP contribution in [-0.2, 0) is 20.9 Å². The second-order valence-electron chi connectivity index (χ2n) is 7.14. The molecule has 0 unspecified atom stereocenters. The molecule has 0 bridgehead atoms. The first kappa shape index (κ1) is 20.1. The summed E-state index contributed by atoms with van der Waals surface area (Å²) in [5, 5.41) is 3.29. The van der Waals surface area contributed by atoms with Gasteiger partial charge in [-0.3, -0.25) is 14.9 Å². The Morgan fingerprint density at radius 3 is 2.42 bits per heavy atom. The number of benzene rings is 1. The van der Waals surface area contributed by atoms with Crippen molar-refractivity contribution < 1.29 is 18.7 Å². The average Bonchev–Trinajstić information content (AvgIpc) is 2.80. The number of amides is 1. The van der Waals surface area contributed by atoms with E-state index < -0.39 is 12.2 Å². The highest BCUT2D eigenvalue weighted by atomic mass is 19.1. The van der Waals surface area contributed by atoms with Gasteiger partial charge in [0.15, 0.2) is 0 Å². The number of nitrogens with one attached hydrogen (secondary N) is 1. The first-order chi connectivity index (χ1) is 12.2. The van der Waals surface area contributed by atoms with Crippen molar-refractivity contribution in [1.29, 1.82) is 0 Å². The minimum absolute atomic E-state index is 0.0857. The van der Waals surface area contributed by atoms with Crippen LogP contribution in [0.15, 0.2) is 35.4 Å². The smallest absolute Gasteiger partial charge is 0.322 e. The average molecular weight is 362 g/mol. The molecule has 5 nitrogen and oxygen atoms in total. The predicted octanol–water partition coefficient (Wildman–Crippen LogP) is 3.01. The molecule has 0 radical (unpaired) electrons. The van der Waals surface area contributed by atoms with Gasteiger partial charge in [0.05, 0.1) is 7.11 Å². The van der Waals surface area contributed by atoms with Gasteiger partial charge in [-0.2, -0.15) is 0 Å². The lowest BCUT2D eigenvalue weighted by atomic mass is 10.0. The van der Waals surface area contributed by atoms with Crippen molar-refractivity contribution in [2.24, 2.45) is 5.92 Å². The van der Waals surface area contributed by atoms with E-state index in [4.69, 9.17) is 4.74 Å². The van der Waals surface area contributed by atoms with Gasteiger partial charge in [-0.05, 0) is 49.5 Å². The maximum atomic E-state index is 13.1. The maximum absolute atomic E-state index is 13.1. The third-order valence-electron chi connectivity index (χ3n) is 4.71. The fourth-order valence-electron chi connectivity index (χ4n) is 3.14. The summed E-state index contributed by atoms with van der Waals surface area (Å²) in [6.45, 7) is 8.07. The summed E-state index contributed by atoms with van der Waals surface area (Å²) in [7, 11) is 1.36. The molecule has 1 heterocycles. The molecule has 0 saturated carbocycles. The molecule has 1 amide bonds. The summed E-state index contributed by atoms with van der Waals surface area (Å²) >= 11 is 0. The number of carbonyl (C=O) groups excluding carboxylic acids is 2. The Balaban J connectivity index is 2.24. The molecule has 2 rings (SSSR count). The SMILES string of the molecule is COC(=O)[C@H](CC(C)C)N[C@@H]1C(C)=C(C)C(=O)N1Cc1ccc(F)cc1. The standard InChI is InChI=1S/C20H27FN2O3/c1-12(2)10-17(20(25)26-5)22-18-13(3)14(4)19(24)23(18)11-15-6-8-16(21)9-7-15/h6-9,12,17-18,22H,10-11H2,1-5H3/t17-,18-/m0/s1. The van der Waals surface area contributed by atoms with Crippen molar-refractivity contribution in [3.05, 3.63) is 46.8 Å². The number of halogens is 1. The molecule has 0 aliphatic carbocycles. The molecule has 1 aliphatic rings. The molecule has 1 N–H and O–H groups in total. The normalized spacial score (nSPS) is 18.7. The molecular weight excluding hydrogens is 335 g/mol. The summed E-state index contributed by atoms with van der Waals surface area (Å²) in [4.78, 5) is 26.5. The molecular formula is C20H27FN2O3. The highest BCUT2D eigenvalue weighted by molar-refractivity contribution is 5.97. The van der Waals surface area contributed by atoms with Gasteiger partial charge in [-0.1, -0.05) is 26.0 Å². The van der Waals surface area contributed by atoms with Gasteiger partial charge >= 0.3 is 5.97 Å². The summed E-state index contributed by atoms with van der Waals surface area (Å²) < 4.78 is 18.1. The molecule has 1 aromatic rings. The maximum Gasteiger partial charge on any atom is 0.322 e. The molecule has 6 heteroatoms. The molecule has 1 aromatic carbocycles. The van der Waals surface area contributed by atoms with Crippen LogP contribution in [0.5, 0.6) is 0 Å². The van der Waals surface area contributed by atoms with Gasteiger partial charge in [0, 0.05) is 12.1 Å². The van der Waals surface area contributed by atoms with Crippen LogP contribution in [0.2, 0.25) is 0 Å². The van der Waals surface area contributed by atoms with Crippen molar-refractivity contribution in [3.63, 3.8) is 0 Å². The highest BCUT2D eigenvalue weighted by Crippen LogP contribution is 2.27. The lowest BCUT2D eigenvalue weighted by molar-refractivity contribution is -0.144. The fraction of sp³-hybridized carbons (Fsp3) is 0.500. The Labute approximate surface area is 154 Å². The van der Waals surface area contributed by atoms with Crippen molar-refractivity contribution in [1.82, 2.24) is 10.2 Å². The zero-order chi connectivity index (χ0) is 19.4. The van der Waals surface area contributed by atoms with Crippen LogP contribution >= 0.6 is 0 Å². The number of ether oxygens (including phenoxy) is 1. The molecule has 0 aromatic heterocycles. The van der Waals surface area contributed by atoms with E-state index in [0.717, 1.165) is 11.1 Å². The fourth-order valence-corrected chi connectivity index (χ4v) is 3.14. The second kappa shape index (κ2) is 8.45. The number of rotatable bonds is 7. The molecule has 1 aliphatic heterocycles. The van der Waals surface area contributed by atoms with Crippen molar-refractivity contribution in [2.75, 3.05) is 7.11 Å². The van der Waals surface area contributed by atoms with Gasteiger partial charge in [-0.25, -0.2) is 4.39 Å². The van der Waals surface area contributed by atoms with Crippen LogP contribution in [0, 0.1) is 11.7 Å². The largest absolute Gasteiger partial charge is 0.468 e. The molecule has 26 heavy (non-hydrogen) atoms. The number of methoxy groups -OCH3 is 1. The van der Waals surface area contributed by atoms with Crippen LogP contribution < -0.4 is 5.32 Å². The van der Waals surface area contributed by atoms with E-state index in [0.29, 0.717) is 24.5 Å². The number of esters is 1. The number of nitrogens with zero attached hydrogens (tertiary/aromatic N) is 1. The van der Waals surface area contributed by atoms with Crippen molar-refractivity contribution in [3.8, 4) is 0 Å². The van der Waals surface area contributed by atoms with E-state index in [1.807, 2.05) is 20.8 Å². The Bertz CT molecular complexity index is 698. The number of carbonyl (C=O) groups is 2. The molecule has 2 atom stereocenters. The quantitative estimate of drug-likeness (QED) is 0.758. The summed E-state index contributed by atoms with van der Waals surface area (Å²) in [5.74, 6) is -0.452. The van der Waals surface area contributed by atoms with Crippen LogP contribution in [0.1, 0.15) is 39.7 Å². The van der Waals surface area contributed by atoms with Crippen molar-refractivity contribution >= 4 is 11.9 Å². The Morgan fingerprint density at radius 1 is 1.27 bits per heavy atom. The van der Waals surface area contributed by atoms with E-state index in [-0.39, 0.29) is 17.7 Å². The summed E-state index contributed by atoms with van der Waals surface area (Å²) in [6.07, 6.45) is 0.212. The lowest BCUT2D eigenvalue weighted by Crippen LogP contribution is -2.52.